The van der Waals surface area contributed by atoms with Crippen LogP contribution in [0.15, 0.2) is 52.2 Å². The molecule has 0 bridgehead atoms. The van der Waals surface area contributed by atoms with Crippen LogP contribution in [0.1, 0.15) is 16.5 Å². The number of aryl methyl sites for hydroxylation is 1. The summed E-state index contributed by atoms with van der Waals surface area (Å²) in [6, 6.07) is 5.56. The molecule has 1 aliphatic rings. The SMILES string of the molecule is Cc1nc(C(C#N)=Cc2ccco2)sc1NN=C1C=CC=CC1=[N+]([O-])[O-]. The summed E-state index contributed by atoms with van der Waals surface area (Å²) in [5.41, 5.74) is 3.89. The summed E-state index contributed by atoms with van der Waals surface area (Å²) in [6.07, 6.45) is 9.28. The smallest absolute Gasteiger partial charge is 0.250 e. The number of allylic oxidation sites excluding steroid dienone is 5. The second-order valence-electron chi connectivity index (χ2n) is 5.09. The molecule has 0 atom stereocenters. The Hall–Kier alpha value is -3.64. The molecule has 0 saturated heterocycles. The Morgan fingerprint density at radius 2 is 2.23 bits per heavy atom. The summed E-state index contributed by atoms with van der Waals surface area (Å²) >= 11 is 1.23. The summed E-state index contributed by atoms with van der Waals surface area (Å²) in [4.78, 5) is 3.87. The lowest BCUT2D eigenvalue weighted by Crippen LogP contribution is -2.20. The molecule has 2 aromatic rings. The monoisotopic (exact) mass is 366 g/mol. The van der Waals surface area contributed by atoms with Gasteiger partial charge in [0.1, 0.15) is 21.8 Å². The van der Waals surface area contributed by atoms with Crippen LogP contribution in [0.25, 0.3) is 11.6 Å². The third-order valence-electron chi connectivity index (χ3n) is 3.33. The van der Waals surface area contributed by atoms with E-state index >= 15 is 0 Å². The zero-order valence-corrected chi connectivity index (χ0v) is 14.4. The molecule has 1 N–H and O–H groups in total. The highest BCUT2D eigenvalue weighted by atomic mass is 32.1. The summed E-state index contributed by atoms with van der Waals surface area (Å²) in [6.45, 7) is 1.76. The average molecular weight is 366 g/mol. The van der Waals surface area contributed by atoms with Gasteiger partial charge in [-0.15, -0.1) is 0 Å². The van der Waals surface area contributed by atoms with Crippen molar-refractivity contribution in [2.24, 2.45) is 5.10 Å². The summed E-state index contributed by atoms with van der Waals surface area (Å²) in [5.74, 6) is 0.550. The molecule has 0 unspecified atom stereocenters. The highest BCUT2D eigenvalue weighted by Gasteiger charge is 2.15. The number of hydrazone groups is 1. The second kappa shape index (κ2) is 7.50. The van der Waals surface area contributed by atoms with Gasteiger partial charge in [-0.25, -0.2) is 4.98 Å². The molecule has 0 radical (unpaired) electrons. The normalized spacial score (nSPS) is 15.3. The Balaban J connectivity index is 1.86. The zero-order valence-electron chi connectivity index (χ0n) is 13.5. The first-order valence-corrected chi connectivity index (χ1v) is 8.23. The van der Waals surface area contributed by atoms with Crippen molar-refractivity contribution >= 4 is 39.4 Å². The van der Waals surface area contributed by atoms with Crippen molar-refractivity contribution < 1.29 is 9.32 Å². The van der Waals surface area contributed by atoms with Crippen LogP contribution in [0.5, 0.6) is 0 Å². The van der Waals surface area contributed by atoms with Crippen LogP contribution in [0.3, 0.4) is 0 Å². The number of aromatic nitrogens is 1. The van der Waals surface area contributed by atoms with E-state index in [0.29, 0.717) is 27.0 Å². The van der Waals surface area contributed by atoms with Gasteiger partial charge >= 0.3 is 0 Å². The Morgan fingerprint density at radius 3 is 2.92 bits per heavy atom. The van der Waals surface area contributed by atoms with E-state index in [-0.39, 0.29) is 11.4 Å². The van der Waals surface area contributed by atoms with Crippen LogP contribution >= 0.6 is 11.3 Å². The Bertz CT molecular complexity index is 1000. The van der Waals surface area contributed by atoms with E-state index in [1.165, 1.54) is 23.7 Å². The largest absolute Gasteiger partial charge is 0.612 e. The number of anilines is 1. The van der Waals surface area contributed by atoms with E-state index in [4.69, 9.17) is 4.42 Å². The third-order valence-corrected chi connectivity index (χ3v) is 4.43. The van der Waals surface area contributed by atoms with Crippen LogP contribution in [-0.2, 0) is 0 Å². The van der Waals surface area contributed by atoms with Gasteiger partial charge < -0.3 is 14.8 Å². The molecule has 26 heavy (non-hydrogen) atoms. The standard InChI is InChI=1S/C17H12N5O3S/c1-11-16(21-20-14-6-2-3-7-15(14)22(23)24)26-17(19-11)12(10-18)9-13-5-4-8-25-13/h2-9,21H,1H3/q-1. The number of hydrogen-bond donors (Lipinski definition) is 1. The minimum Gasteiger partial charge on any atom is -0.612 e. The Kier molecular flexibility index (Phi) is 4.96. The van der Waals surface area contributed by atoms with Crippen LogP contribution in [0.2, 0.25) is 0 Å². The molecule has 8 nitrogen and oxygen atoms in total. The van der Waals surface area contributed by atoms with Gasteiger partial charge in [0.25, 0.3) is 0 Å². The van der Waals surface area contributed by atoms with Crippen LogP contribution in [0.4, 0.5) is 5.00 Å². The van der Waals surface area contributed by atoms with Crippen LogP contribution in [0, 0.1) is 28.7 Å². The van der Waals surface area contributed by atoms with Crippen LogP contribution < -0.4 is 5.43 Å². The fourth-order valence-electron chi connectivity index (χ4n) is 2.10. The zero-order chi connectivity index (χ0) is 18.5. The maximum Gasteiger partial charge on any atom is 0.250 e. The van der Waals surface area contributed by atoms with Crippen LogP contribution in [-0.4, -0.2) is 21.3 Å². The summed E-state index contributed by atoms with van der Waals surface area (Å²) in [5, 5.41) is 36.6. The molecule has 9 heteroatoms. The topological polar surface area (TPSA) is 123 Å². The molecule has 0 aromatic carbocycles. The first-order chi connectivity index (χ1) is 12.6. The van der Waals surface area contributed by atoms with E-state index < -0.39 is 4.90 Å². The molecule has 0 fully saturated rings. The Morgan fingerprint density at radius 1 is 1.42 bits per heavy atom. The number of nitriles is 1. The van der Waals surface area contributed by atoms with Gasteiger partial charge in [0, 0.05) is 12.2 Å². The van der Waals surface area contributed by atoms with Gasteiger partial charge in [0.2, 0.25) is 5.71 Å². The fraction of sp³-hybridized carbons (Fsp3) is 0.0588. The van der Waals surface area contributed by atoms with Crippen molar-refractivity contribution in [2.75, 3.05) is 5.43 Å². The van der Waals surface area contributed by atoms with Crippen molar-refractivity contribution in [1.29, 1.82) is 5.26 Å². The molecule has 3 rings (SSSR count). The van der Waals surface area contributed by atoms with Gasteiger partial charge in [-0.1, -0.05) is 23.5 Å². The van der Waals surface area contributed by atoms with E-state index in [1.54, 1.807) is 43.4 Å². The first kappa shape index (κ1) is 17.2. The minimum absolute atomic E-state index is 0.0992. The van der Waals surface area contributed by atoms with Gasteiger partial charge in [-0.2, -0.15) is 15.3 Å². The highest BCUT2D eigenvalue weighted by Crippen LogP contribution is 2.30. The second-order valence-corrected chi connectivity index (χ2v) is 6.09. The number of nitrogens with one attached hydrogen (secondary N) is 1. The lowest BCUT2D eigenvalue weighted by atomic mass is 10.1. The van der Waals surface area contributed by atoms with E-state index in [1.807, 2.05) is 0 Å². The van der Waals surface area contributed by atoms with Crippen molar-refractivity contribution in [1.82, 2.24) is 4.98 Å². The molecule has 2 aromatic heterocycles. The number of thiazole rings is 1. The number of furan rings is 1. The Labute approximate surface area is 152 Å². The third kappa shape index (κ3) is 3.71. The number of rotatable bonds is 4. The molecule has 0 amide bonds. The lowest BCUT2D eigenvalue weighted by Gasteiger charge is -2.10. The fourth-order valence-corrected chi connectivity index (χ4v) is 2.97. The lowest BCUT2D eigenvalue weighted by molar-refractivity contribution is -0.375. The molecule has 0 aliphatic heterocycles. The summed E-state index contributed by atoms with van der Waals surface area (Å²) < 4.78 is 5.22. The van der Waals surface area contributed by atoms with Crippen molar-refractivity contribution in [3.63, 3.8) is 0 Å². The van der Waals surface area contributed by atoms with Gasteiger partial charge in [-0.3, -0.25) is 5.43 Å². The van der Waals surface area contributed by atoms with E-state index in [2.05, 4.69) is 21.6 Å². The first-order valence-electron chi connectivity index (χ1n) is 7.41. The quantitative estimate of drug-likeness (QED) is 0.382. The van der Waals surface area contributed by atoms with E-state index in [0.717, 1.165) is 0 Å². The van der Waals surface area contributed by atoms with Gasteiger partial charge in [0.05, 0.1) is 17.5 Å². The molecular formula is C17H12N5O3S-. The van der Waals surface area contributed by atoms with Gasteiger partial charge in [0.15, 0.2) is 5.71 Å². The van der Waals surface area contributed by atoms with Crippen molar-refractivity contribution in [3.8, 4) is 6.07 Å². The molecular weight excluding hydrogens is 354 g/mol. The highest BCUT2D eigenvalue weighted by molar-refractivity contribution is 7.17. The molecule has 1 aliphatic carbocycles. The number of hydrogen-bond acceptors (Lipinski definition) is 8. The predicted octanol–water partition coefficient (Wildman–Crippen LogP) is 3.45. The summed E-state index contributed by atoms with van der Waals surface area (Å²) in [7, 11) is 0. The maximum absolute atomic E-state index is 11.0. The molecule has 0 saturated carbocycles. The van der Waals surface area contributed by atoms with Crippen molar-refractivity contribution in [2.45, 2.75) is 6.92 Å². The molecule has 130 valence electrons. The molecule has 0 spiro atoms. The average Bonchev–Trinajstić information content (AvgIpc) is 3.27. The maximum atomic E-state index is 11.0. The predicted molar refractivity (Wildman–Crippen MR) is 100 cm³/mol. The van der Waals surface area contributed by atoms with Gasteiger partial charge in [-0.05, 0) is 25.1 Å². The minimum atomic E-state index is -0.495. The molecule has 2 heterocycles. The number of nitrogens with zero attached hydrogens (tertiary/aromatic N) is 4. The van der Waals surface area contributed by atoms with Crippen molar-refractivity contribution in [3.05, 3.63) is 69.6 Å². The van der Waals surface area contributed by atoms with E-state index in [9.17, 15) is 15.7 Å².